The lowest BCUT2D eigenvalue weighted by atomic mass is 10.2. The zero-order valence-corrected chi connectivity index (χ0v) is 9.00. The van der Waals surface area contributed by atoms with Crippen molar-refractivity contribution in [2.45, 2.75) is 6.54 Å². The Kier molecular flexibility index (Phi) is 3.17. The van der Waals surface area contributed by atoms with Crippen LogP contribution in [0.3, 0.4) is 0 Å². The smallest absolute Gasteiger partial charge is 0.246 e. The molecular formula is C12H10N4O. The average molecular weight is 226 g/mol. The quantitative estimate of drug-likeness (QED) is 0.791. The first kappa shape index (κ1) is 10.9. The van der Waals surface area contributed by atoms with Crippen LogP contribution in [0, 0.1) is 12.3 Å². The Balaban J connectivity index is 2.01. The minimum Gasteiger partial charge on any atom is -0.324 e. The Bertz CT molecular complexity index is 554. The van der Waals surface area contributed by atoms with Gasteiger partial charge in [-0.15, -0.1) is 11.5 Å². The highest BCUT2D eigenvalue weighted by Crippen LogP contribution is 2.09. The second-order valence-electron chi connectivity index (χ2n) is 3.37. The third-order valence-electron chi connectivity index (χ3n) is 2.09. The number of aromatic nitrogens is 3. The van der Waals surface area contributed by atoms with Crippen molar-refractivity contribution < 1.29 is 4.79 Å². The van der Waals surface area contributed by atoms with Crippen LogP contribution < -0.4 is 5.32 Å². The highest BCUT2D eigenvalue weighted by Gasteiger charge is 2.03. The van der Waals surface area contributed by atoms with E-state index in [0.717, 1.165) is 5.56 Å². The van der Waals surface area contributed by atoms with E-state index in [1.807, 2.05) is 0 Å². The van der Waals surface area contributed by atoms with Crippen LogP contribution in [-0.4, -0.2) is 20.9 Å². The van der Waals surface area contributed by atoms with E-state index in [4.69, 9.17) is 6.42 Å². The molecule has 0 aliphatic heterocycles. The van der Waals surface area contributed by atoms with Crippen molar-refractivity contribution in [3.05, 3.63) is 42.2 Å². The molecule has 0 fully saturated rings. The monoisotopic (exact) mass is 226 g/mol. The summed E-state index contributed by atoms with van der Waals surface area (Å²) in [5, 5.41) is 10.1. The molecule has 0 aliphatic carbocycles. The maximum Gasteiger partial charge on any atom is 0.246 e. The third kappa shape index (κ3) is 2.92. The first-order valence-corrected chi connectivity index (χ1v) is 4.98. The fourth-order valence-electron chi connectivity index (χ4n) is 1.35. The summed E-state index contributed by atoms with van der Waals surface area (Å²) in [4.78, 5) is 11.6. The van der Waals surface area contributed by atoms with Crippen molar-refractivity contribution >= 4 is 11.6 Å². The Labute approximate surface area is 98.5 Å². The third-order valence-corrected chi connectivity index (χ3v) is 2.09. The molecule has 17 heavy (non-hydrogen) atoms. The molecule has 84 valence electrons. The van der Waals surface area contributed by atoms with Gasteiger partial charge in [0.2, 0.25) is 5.91 Å². The molecular weight excluding hydrogens is 216 g/mol. The molecule has 1 aromatic carbocycles. The van der Waals surface area contributed by atoms with Gasteiger partial charge in [0.1, 0.15) is 6.54 Å². The van der Waals surface area contributed by atoms with Crippen molar-refractivity contribution in [2.24, 2.45) is 0 Å². The molecule has 1 amide bonds. The van der Waals surface area contributed by atoms with Crippen LogP contribution in [0.15, 0.2) is 36.7 Å². The van der Waals surface area contributed by atoms with Gasteiger partial charge in [0, 0.05) is 17.4 Å². The summed E-state index contributed by atoms with van der Waals surface area (Å²) >= 11 is 0. The Hall–Kier alpha value is -2.61. The highest BCUT2D eigenvalue weighted by molar-refractivity contribution is 5.90. The van der Waals surface area contributed by atoms with Gasteiger partial charge in [-0.3, -0.25) is 4.79 Å². The van der Waals surface area contributed by atoms with E-state index >= 15 is 0 Å². The van der Waals surface area contributed by atoms with Crippen LogP contribution >= 0.6 is 0 Å². The molecule has 0 saturated carbocycles. The van der Waals surface area contributed by atoms with Crippen LogP contribution in [0.1, 0.15) is 5.56 Å². The molecule has 0 unspecified atom stereocenters. The lowest BCUT2D eigenvalue weighted by molar-refractivity contribution is -0.116. The summed E-state index contributed by atoms with van der Waals surface area (Å²) in [6.07, 6.45) is 8.42. The fraction of sp³-hybridized carbons (Fsp3) is 0.0833. The summed E-state index contributed by atoms with van der Waals surface area (Å²) in [5.74, 6) is 2.33. The molecule has 0 radical (unpaired) electrons. The van der Waals surface area contributed by atoms with E-state index < -0.39 is 0 Å². The number of rotatable bonds is 3. The Morgan fingerprint density at radius 3 is 3.12 bits per heavy atom. The summed E-state index contributed by atoms with van der Waals surface area (Å²) < 4.78 is 1.44. The molecule has 0 bridgehead atoms. The van der Waals surface area contributed by atoms with Gasteiger partial charge in [-0.25, -0.2) is 4.68 Å². The largest absolute Gasteiger partial charge is 0.324 e. The van der Waals surface area contributed by atoms with Gasteiger partial charge in [0.15, 0.2) is 0 Å². The first-order chi connectivity index (χ1) is 8.28. The summed E-state index contributed by atoms with van der Waals surface area (Å²) in [6.45, 7) is 0.125. The second-order valence-corrected chi connectivity index (χ2v) is 3.37. The van der Waals surface area contributed by atoms with Crippen molar-refractivity contribution in [3.8, 4) is 12.3 Å². The van der Waals surface area contributed by atoms with E-state index in [2.05, 4.69) is 21.5 Å². The van der Waals surface area contributed by atoms with Gasteiger partial charge in [-0.05, 0) is 18.2 Å². The van der Waals surface area contributed by atoms with Gasteiger partial charge < -0.3 is 5.32 Å². The van der Waals surface area contributed by atoms with Gasteiger partial charge in [0.25, 0.3) is 0 Å². The number of anilines is 1. The lowest BCUT2D eigenvalue weighted by Crippen LogP contribution is -2.19. The molecule has 0 atom stereocenters. The summed E-state index contributed by atoms with van der Waals surface area (Å²) in [5.41, 5.74) is 1.40. The normalized spacial score (nSPS) is 9.59. The molecule has 0 saturated heterocycles. The molecule has 5 nitrogen and oxygen atoms in total. The van der Waals surface area contributed by atoms with Crippen LogP contribution in [0.25, 0.3) is 0 Å². The minimum absolute atomic E-state index is 0.125. The highest BCUT2D eigenvalue weighted by atomic mass is 16.2. The number of nitrogens with one attached hydrogen (secondary N) is 1. The fourth-order valence-corrected chi connectivity index (χ4v) is 1.35. The molecule has 0 spiro atoms. The van der Waals surface area contributed by atoms with Crippen LogP contribution in [0.4, 0.5) is 5.69 Å². The van der Waals surface area contributed by atoms with Gasteiger partial charge in [-0.2, -0.15) is 0 Å². The lowest BCUT2D eigenvalue weighted by Gasteiger charge is -2.05. The van der Waals surface area contributed by atoms with E-state index in [9.17, 15) is 4.79 Å². The van der Waals surface area contributed by atoms with E-state index in [-0.39, 0.29) is 12.5 Å². The second kappa shape index (κ2) is 4.94. The molecule has 2 rings (SSSR count). The summed E-state index contributed by atoms with van der Waals surface area (Å²) in [6, 6.07) is 7.10. The number of terminal acetylenes is 1. The Morgan fingerprint density at radius 2 is 2.41 bits per heavy atom. The van der Waals surface area contributed by atoms with Gasteiger partial charge in [0.05, 0.1) is 6.20 Å². The topological polar surface area (TPSA) is 59.8 Å². The van der Waals surface area contributed by atoms with Crippen molar-refractivity contribution in [2.75, 3.05) is 5.32 Å². The van der Waals surface area contributed by atoms with E-state index in [1.165, 1.54) is 10.9 Å². The average Bonchev–Trinajstić information content (AvgIpc) is 2.82. The molecule has 0 aliphatic rings. The molecule has 1 heterocycles. The zero-order chi connectivity index (χ0) is 12.1. The predicted molar refractivity (Wildman–Crippen MR) is 63.0 cm³/mol. The maximum absolute atomic E-state index is 11.6. The Morgan fingerprint density at radius 1 is 1.53 bits per heavy atom. The van der Waals surface area contributed by atoms with Crippen LogP contribution in [-0.2, 0) is 11.3 Å². The van der Waals surface area contributed by atoms with Crippen molar-refractivity contribution in [1.29, 1.82) is 0 Å². The van der Waals surface area contributed by atoms with Crippen LogP contribution in [0.5, 0.6) is 0 Å². The predicted octanol–water partition coefficient (Wildman–Crippen LogP) is 0.898. The molecule has 1 aromatic heterocycles. The number of amides is 1. The molecule has 1 N–H and O–H groups in total. The maximum atomic E-state index is 11.6. The minimum atomic E-state index is -0.176. The summed E-state index contributed by atoms with van der Waals surface area (Å²) in [7, 11) is 0. The van der Waals surface area contributed by atoms with Crippen molar-refractivity contribution in [3.63, 3.8) is 0 Å². The molecule has 2 aromatic rings. The van der Waals surface area contributed by atoms with Gasteiger partial charge >= 0.3 is 0 Å². The number of hydrogen-bond acceptors (Lipinski definition) is 3. The van der Waals surface area contributed by atoms with E-state index in [0.29, 0.717) is 5.69 Å². The van der Waals surface area contributed by atoms with Crippen LogP contribution in [0.2, 0.25) is 0 Å². The molecule has 5 heteroatoms. The number of carbonyl (C=O) groups excluding carboxylic acids is 1. The SMILES string of the molecule is C#Cc1cccc(NC(=O)Cn2ccnn2)c1. The number of carbonyl (C=O) groups is 1. The zero-order valence-electron chi connectivity index (χ0n) is 9.00. The number of benzene rings is 1. The van der Waals surface area contributed by atoms with Gasteiger partial charge in [-0.1, -0.05) is 17.2 Å². The number of nitrogens with zero attached hydrogens (tertiary/aromatic N) is 3. The standard InChI is InChI=1S/C12H10N4O/c1-2-10-4-3-5-11(8-10)14-12(17)9-16-7-6-13-15-16/h1,3-8H,9H2,(H,14,17). The number of hydrogen-bond donors (Lipinski definition) is 1. The first-order valence-electron chi connectivity index (χ1n) is 4.98. The van der Waals surface area contributed by atoms with E-state index in [1.54, 1.807) is 30.5 Å². The van der Waals surface area contributed by atoms with Crippen molar-refractivity contribution in [1.82, 2.24) is 15.0 Å².